The zero-order valence-corrected chi connectivity index (χ0v) is 24.4. The molecule has 5 nitrogen and oxygen atoms in total. The summed E-state index contributed by atoms with van der Waals surface area (Å²) < 4.78 is 12.0. The molecule has 10 heteroatoms. The number of esters is 1. The Labute approximate surface area is 232 Å². The van der Waals surface area contributed by atoms with Crippen LogP contribution in [-0.4, -0.2) is 13.1 Å². The average Bonchev–Trinajstić information content (AvgIpc) is 2.75. The summed E-state index contributed by atoms with van der Waals surface area (Å²) in [5, 5.41) is 13.1. The number of hydrogen-bond donors (Lipinski definition) is 0. The van der Waals surface area contributed by atoms with Crippen LogP contribution in [0.1, 0.15) is 10.4 Å². The fourth-order valence-corrected chi connectivity index (χ4v) is 5.67. The number of halogens is 4. The summed E-state index contributed by atoms with van der Waals surface area (Å²) in [5.74, 6) is -0.550. The minimum Gasteiger partial charge on any atom is -0.871 e. The van der Waals surface area contributed by atoms with E-state index >= 15 is 0 Å². The molecule has 0 spiro atoms. The molecular formula is C21H9Br4NaO5. The molecule has 1 heterocycles. The molecule has 2 aromatic carbocycles. The van der Waals surface area contributed by atoms with Gasteiger partial charge in [-0.2, -0.15) is 0 Å². The van der Waals surface area contributed by atoms with Crippen molar-refractivity contribution in [3.05, 3.63) is 70.1 Å². The van der Waals surface area contributed by atoms with Crippen LogP contribution in [0.15, 0.2) is 63.5 Å². The molecule has 4 rings (SSSR count). The number of carbonyl (C=O) groups is 1. The molecule has 0 unspecified atom stereocenters. The number of benzene rings is 3. The van der Waals surface area contributed by atoms with Gasteiger partial charge >= 0.3 is 35.5 Å². The van der Waals surface area contributed by atoms with Gasteiger partial charge in [-0.1, -0.05) is 39.9 Å². The summed E-state index contributed by atoms with van der Waals surface area (Å²) in [6.45, 7) is 0. The number of methoxy groups -OCH3 is 1. The number of fused-ring (bicyclic) bond motifs is 2. The van der Waals surface area contributed by atoms with Crippen LogP contribution in [0.25, 0.3) is 33.4 Å². The summed E-state index contributed by atoms with van der Waals surface area (Å²) in [5.41, 5.74) is 2.07. The van der Waals surface area contributed by atoms with Gasteiger partial charge in [0, 0.05) is 21.0 Å². The van der Waals surface area contributed by atoms with Crippen molar-refractivity contribution < 1.29 is 48.6 Å². The van der Waals surface area contributed by atoms with Crippen LogP contribution in [-0.2, 0) is 4.74 Å². The summed E-state index contributed by atoms with van der Waals surface area (Å²) in [7, 11) is 1.31. The molecular weight excluding hydrogens is 675 g/mol. The molecule has 0 amide bonds. The Morgan fingerprint density at radius 2 is 1.68 bits per heavy atom. The van der Waals surface area contributed by atoms with Crippen molar-refractivity contribution in [2.45, 2.75) is 0 Å². The van der Waals surface area contributed by atoms with Gasteiger partial charge in [-0.3, -0.25) is 4.79 Å². The summed E-state index contributed by atoms with van der Waals surface area (Å²) >= 11 is 13.2. The second-order valence-corrected chi connectivity index (χ2v) is 9.57. The largest absolute Gasteiger partial charge is 1.00 e. The molecule has 0 bridgehead atoms. The molecule has 0 radical (unpaired) electrons. The van der Waals surface area contributed by atoms with Crippen molar-refractivity contribution in [1.82, 2.24) is 0 Å². The molecule has 152 valence electrons. The van der Waals surface area contributed by atoms with Gasteiger partial charge in [0.25, 0.3) is 0 Å². The second-order valence-electron chi connectivity index (χ2n) is 6.27. The summed E-state index contributed by atoms with van der Waals surface area (Å²) in [4.78, 5) is 25.0. The van der Waals surface area contributed by atoms with Crippen LogP contribution < -0.4 is 40.1 Å². The van der Waals surface area contributed by atoms with Crippen LogP contribution in [0, 0.1) is 0 Å². The van der Waals surface area contributed by atoms with Crippen LogP contribution in [0.4, 0.5) is 0 Å². The van der Waals surface area contributed by atoms with E-state index < -0.39 is 5.97 Å². The molecule has 0 aromatic heterocycles. The Hall–Kier alpha value is -0.680. The maximum absolute atomic E-state index is 12.5. The fourth-order valence-electron chi connectivity index (χ4n) is 3.27. The SMILES string of the molecule is COC(=O)c1ccccc1-c1c2cc(Br)c(=O)c(Br)c-2oc2c(Br)c([O-])c(Br)cc12.[Na+]. The number of ether oxygens (including phenoxy) is 1. The van der Waals surface area contributed by atoms with Crippen molar-refractivity contribution in [3.8, 4) is 28.2 Å². The second kappa shape index (κ2) is 9.67. The molecule has 2 aliphatic rings. The molecule has 0 N–H and O–H groups in total. The first-order chi connectivity index (χ1) is 14.3. The molecule has 0 saturated carbocycles. The topological polar surface area (TPSA) is 79.6 Å². The third kappa shape index (κ3) is 4.18. The van der Waals surface area contributed by atoms with Gasteiger partial charge < -0.3 is 14.3 Å². The zero-order chi connectivity index (χ0) is 21.7. The Morgan fingerprint density at radius 3 is 2.35 bits per heavy atom. The van der Waals surface area contributed by atoms with Gasteiger partial charge in [0.05, 0.1) is 21.6 Å². The Balaban J connectivity index is 0.00000272. The van der Waals surface area contributed by atoms with Crippen molar-refractivity contribution in [3.63, 3.8) is 0 Å². The van der Waals surface area contributed by atoms with Crippen LogP contribution in [0.5, 0.6) is 5.75 Å². The minimum absolute atomic E-state index is 0. The van der Waals surface area contributed by atoms with E-state index in [4.69, 9.17) is 9.15 Å². The Bertz CT molecular complexity index is 1380. The fraction of sp³-hybridized carbons (Fsp3) is 0.0476. The average molecular weight is 684 g/mol. The molecule has 0 atom stereocenters. The molecule has 0 fully saturated rings. The van der Waals surface area contributed by atoms with Gasteiger partial charge in [0.2, 0.25) is 5.43 Å². The summed E-state index contributed by atoms with van der Waals surface area (Å²) in [6.07, 6.45) is 0. The van der Waals surface area contributed by atoms with E-state index in [0.29, 0.717) is 36.6 Å². The monoisotopic (exact) mass is 680 g/mol. The van der Waals surface area contributed by atoms with E-state index in [1.54, 1.807) is 36.4 Å². The van der Waals surface area contributed by atoms with Gasteiger partial charge in [-0.15, -0.1) is 0 Å². The molecule has 31 heavy (non-hydrogen) atoms. The number of rotatable bonds is 2. The smallest absolute Gasteiger partial charge is 0.871 e. The van der Waals surface area contributed by atoms with E-state index in [1.165, 1.54) is 7.11 Å². The zero-order valence-electron chi connectivity index (χ0n) is 16.0. The van der Waals surface area contributed by atoms with Gasteiger partial charge in [0.15, 0.2) is 5.76 Å². The first-order valence-corrected chi connectivity index (χ1v) is 11.5. The quantitative estimate of drug-likeness (QED) is 0.184. The number of carbonyl (C=O) groups excluding carboxylic acids is 1. The predicted octanol–water partition coefficient (Wildman–Crippen LogP) is 3.48. The first-order valence-electron chi connectivity index (χ1n) is 8.37. The molecule has 2 aromatic rings. The van der Waals surface area contributed by atoms with Crippen molar-refractivity contribution in [2.24, 2.45) is 0 Å². The third-order valence-electron chi connectivity index (χ3n) is 4.61. The predicted molar refractivity (Wildman–Crippen MR) is 126 cm³/mol. The standard InChI is InChI=1S/C21H10Br4O5.Na/c1-29-21(28)9-5-3-2-4-8(9)14-10-6-12(22)17(26)15(24)19(10)30-20-11(14)7-13(23)18(27)16(20)25;/h2-7,26H,1H3;/q;+1/p-1. The maximum Gasteiger partial charge on any atom is 1.00 e. The van der Waals surface area contributed by atoms with Crippen LogP contribution >= 0.6 is 63.7 Å². The normalized spacial score (nSPS) is 10.9. The maximum atomic E-state index is 12.5. The van der Waals surface area contributed by atoms with Crippen molar-refractivity contribution >= 4 is 80.7 Å². The first kappa shape index (κ1) is 25.0. The van der Waals surface area contributed by atoms with Crippen LogP contribution in [0.2, 0.25) is 0 Å². The number of hydrogen-bond acceptors (Lipinski definition) is 5. The Morgan fingerprint density at radius 1 is 1.00 bits per heavy atom. The van der Waals surface area contributed by atoms with E-state index in [9.17, 15) is 14.7 Å². The molecule has 0 saturated heterocycles. The van der Waals surface area contributed by atoms with Crippen molar-refractivity contribution in [1.29, 1.82) is 0 Å². The third-order valence-corrected chi connectivity index (χ3v) is 7.23. The molecule has 1 aliphatic heterocycles. The van der Waals surface area contributed by atoms with Gasteiger partial charge in [-0.05, 0) is 71.6 Å². The van der Waals surface area contributed by atoms with Gasteiger partial charge in [0.1, 0.15) is 10.1 Å². The van der Waals surface area contributed by atoms with E-state index in [-0.39, 0.29) is 61.0 Å². The van der Waals surface area contributed by atoms with E-state index in [1.807, 2.05) is 0 Å². The Kier molecular flexibility index (Phi) is 7.78. The van der Waals surface area contributed by atoms with Crippen LogP contribution in [0.3, 0.4) is 0 Å². The van der Waals surface area contributed by atoms with E-state index in [2.05, 4.69) is 63.7 Å². The summed E-state index contributed by atoms with van der Waals surface area (Å²) in [6, 6.07) is 10.2. The molecule has 1 aliphatic carbocycles. The van der Waals surface area contributed by atoms with Crippen molar-refractivity contribution in [2.75, 3.05) is 7.11 Å². The minimum atomic E-state index is -0.509. The van der Waals surface area contributed by atoms with E-state index in [0.717, 1.165) is 0 Å². The van der Waals surface area contributed by atoms with Gasteiger partial charge in [-0.25, -0.2) is 4.79 Å².